The molecule has 1 unspecified atom stereocenters. The average Bonchev–Trinajstić information content (AvgIpc) is 2.97. The van der Waals surface area contributed by atoms with E-state index >= 15 is 0 Å². The van der Waals surface area contributed by atoms with Crippen LogP contribution < -0.4 is 11.1 Å². The normalized spacial score (nSPS) is 16.7. The quantitative estimate of drug-likeness (QED) is 0.909. The molecule has 0 aliphatic heterocycles. The highest BCUT2D eigenvalue weighted by Gasteiger charge is 2.22. The summed E-state index contributed by atoms with van der Waals surface area (Å²) in [6.07, 6.45) is 3.31. The lowest BCUT2D eigenvalue weighted by Crippen LogP contribution is -2.30. The molecule has 1 aromatic heterocycles. The monoisotopic (exact) mass is 322 g/mol. The van der Waals surface area contributed by atoms with E-state index in [1.54, 1.807) is 11.3 Å². The maximum absolute atomic E-state index is 12.3. The summed E-state index contributed by atoms with van der Waals surface area (Å²) in [4.78, 5) is 13.7. The second-order valence-electron chi connectivity index (χ2n) is 5.12. The largest absolute Gasteiger partial charge is 0.345 e. The summed E-state index contributed by atoms with van der Waals surface area (Å²) >= 11 is 1.79. The van der Waals surface area contributed by atoms with Crippen LogP contribution in [-0.2, 0) is 13.0 Å². The van der Waals surface area contributed by atoms with Gasteiger partial charge in [-0.1, -0.05) is 12.1 Å². The molecule has 0 bridgehead atoms. The van der Waals surface area contributed by atoms with Gasteiger partial charge >= 0.3 is 0 Å². The minimum atomic E-state index is -0.00220. The summed E-state index contributed by atoms with van der Waals surface area (Å²) in [6, 6.07) is 9.80. The predicted molar refractivity (Wildman–Crippen MR) is 89.0 cm³/mol. The Morgan fingerprint density at radius 3 is 2.76 bits per heavy atom. The van der Waals surface area contributed by atoms with Gasteiger partial charge in [-0.3, -0.25) is 4.79 Å². The van der Waals surface area contributed by atoms with Crippen molar-refractivity contribution in [3.05, 3.63) is 57.3 Å². The fourth-order valence-corrected chi connectivity index (χ4v) is 3.66. The smallest absolute Gasteiger partial charge is 0.251 e. The van der Waals surface area contributed by atoms with Gasteiger partial charge in [0, 0.05) is 17.0 Å². The van der Waals surface area contributed by atoms with E-state index in [0.717, 1.165) is 24.8 Å². The number of benzene rings is 1. The van der Waals surface area contributed by atoms with Crippen molar-refractivity contribution in [3.8, 4) is 0 Å². The van der Waals surface area contributed by atoms with Crippen LogP contribution in [0.2, 0.25) is 0 Å². The molecular weight excluding hydrogens is 304 g/mol. The van der Waals surface area contributed by atoms with Crippen LogP contribution in [0.15, 0.2) is 35.7 Å². The second kappa shape index (κ2) is 7.07. The first-order valence-electron chi connectivity index (χ1n) is 6.94. The van der Waals surface area contributed by atoms with E-state index in [1.807, 2.05) is 24.3 Å². The van der Waals surface area contributed by atoms with E-state index < -0.39 is 0 Å². The predicted octanol–water partition coefficient (Wildman–Crippen LogP) is 3.44. The van der Waals surface area contributed by atoms with Gasteiger partial charge in [0.2, 0.25) is 0 Å². The van der Waals surface area contributed by atoms with Crippen molar-refractivity contribution in [2.24, 2.45) is 5.73 Å². The van der Waals surface area contributed by atoms with E-state index in [4.69, 9.17) is 5.73 Å². The lowest BCUT2D eigenvalue weighted by atomic mass is 9.94. The van der Waals surface area contributed by atoms with Gasteiger partial charge in [-0.2, -0.15) is 0 Å². The summed E-state index contributed by atoms with van der Waals surface area (Å²) in [5.41, 5.74) is 8.61. The summed E-state index contributed by atoms with van der Waals surface area (Å²) in [5.74, 6) is -0.00220. The van der Waals surface area contributed by atoms with E-state index in [2.05, 4.69) is 16.8 Å². The van der Waals surface area contributed by atoms with Gasteiger partial charge in [-0.25, -0.2) is 0 Å². The number of rotatable bonds is 3. The first kappa shape index (κ1) is 16.0. The third-order valence-electron chi connectivity index (χ3n) is 3.81. The number of amides is 1. The number of aryl methyl sites for hydroxylation is 1. The van der Waals surface area contributed by atoms with Crippen molar-refractivity contribution < 1.29 is 4.79 Å². The molecule has 1 amide bonds. The number of hydrogen-bond donors (Lipinski definition) is 2. The zero-order valence-corrected chi connectivity index (χ0v) is 13.3. The Morgan fingerprint density at radius 1 is 1.29 bits per heavy atom. The highest BCUT2D eigenvalue weighted by molar-refractivity contribution is 7.10. The number of fused-ring (bicyclic) bond motifs is 1. The van der Waals surface area contributed by atoms with Gasteiger partial charge < -0.3 is 11.1 Å². The van der Waals surface area contributed by atoms with Crippen LogP contribution >= 0.6 is 23.7 Å². The topological polar surface area (TPSA) is 55.1 Å². The molecule has 112 valence electrons. The van der Waals surface area contributed by atoms with Crippen LogP contribution in [0.4, 0.5) is 0 Å². The Morgan fingerprint density at radius 2 is 2.05 bits per heavy atom. The Hall–Kier alpha value is -1.36. The molecule has 1 aromatic carbocycles. The van der Waals surface area contributed by atoms with Gasteiger partial charge in [0.1, 0.15) is 0 Å². The molecule has 0 saturated carbocycles. The van der Waals surface area contributed by atoms with Crippen LogP contribution in [0.3, 0.4) is 0 Å². The molecule has 0 spiro atoms. The summed E-state index contributed by atoms with van der Waals surface area (Å²) in [5, 5.41) is 5.27. The van der Waals surface area contributed by atoms with Crippen LogP contribution in [0, 0.1) is 0 Å². The van der Waals surface area contributed by atoms with Gasteiger partial charge in [-0.05, 0) is 54.0 Å². The molecule has 1 atom stereocenters. The zero-order valence-electron chi connectivity index (χ0n) is 11.7. The number of carbonyl (C=O) groups is 1. The molecule has 3 rings (SSSR count). The molecule has 1 aliphatic rings. The summed E-state index contributed by atoms with van der Waals surface area (Å²) < 4.78 is 0. The molecule has 1 aliphatic carbocycles. The lowest BCUT2D eigenvalue weighted by Gasteiger charge is -2.23. The Balaban J connectivity index is 0.00000161. The molecule has 5 heteroatoms. The standard InChI is InChI=1S/C16H18N2OS.ClH/c17-10-11-4-6-12(7-5-11)16(19)18-14-2-1-3-15-13(14)8-9-20-15;/h4-9,14H,1-3,10,17H2,(H,18,19);1H. The molecule has 21 heavy (non-hydrogen) atoms. The summed E-state index contributed by atoms with van der Waals surface area (Å²) in [6.45, 7) is 0.503. The van der Waals surface area contributed by atoms with Gasteiger partial charge in [0.25, 0.3) is 5.91 Å². The van der Waals surface area contributed by atoms with E-state index in [9.17, 15) is 4.79 Å². The number of nitrogens with one attached hydrogen (secondary N) is 1. The molecule has 0 fully saturated rings. The van der Waals surface area contributed by atoms with Gasteiger partial charge in [-0.15, -0.1) is 23.7 Å². The van der Waals surface area contributed by atoms with Crippen molar-refractivity contribution in [2.75, 3.05) is 0 Å². The summed E-state index contributed by atoms with van der Waals surface area (Å²) in [7, 11) is 0. The van der Waals surface area contributed by atoms with Crippen molar-refractivity contribution in [1.82, 2.24) is 5.32 Å². The second-order valence-corrected chi connectivity index (χ2v) is 6.12. The van der Waals surface area contributed by atoms with Crippen molar-refractivity contribution in [2.45, 2.75) is 31.8 Å². The Bertz CT molecular complexity index is 609. The Labute approximate surface area is 135 Å². The molecular formula is C16H19ClN2OS. The van der Waals surface area contributed by atoms with Crippen LogP contribution in [0.1, 0.15) is 45.2 Å². The third-order valence-corrected chi connectivity index (χ3v) is 4.81. The number of halogens is 1. The molecule has 3 N–H and O–H groups in total. The Kier molecular flexibility index (Phi) is 5.39. The highest BCUT2D eigenvalue weighted by atomic mass is 35.5. The SMILES string of the molecule is Cl.NCc1ccc(C(=O)NC2CCCc3sccc32)cc1. The number of hydrogen-bond acceptors (Lipinski definition) is 3. The number of carbonyl (C=O) groups excluding carboxylic acids is 1. The lowest BCUT2D eigenvalue weighted by molar-refractivity contribution is 0.0933. The first-order chi connectivity index (χ1) is 9.78. The number of thiophene rings is 1. The molecule has 0 saturated heterocycles. The molecule has 3 nitrogen and oxygen atoms in total. The average molecular weight is 323 g/mol. The van der Waals surface area contributed by atoms with E-state index in [0.29, 0.717) is 12.1 Å². The minimum Gasteiger partial charge on any atom is -0.345 e. The van der Waals surface area contributed by atoms with Crippen molar-refractivity contribution in [1.29, 1.82) is 0 Å². The van der Waals surface area contributed by atoms with Gasteiger partial charge in [0.15, 0.2) is 0 Å². The van der Waals surface area contributed by atoms with Crippen LogP contribution in [-0.4, -0.2) is 5.91 Å². The van der Waals surface area contributed by atoms with Crippen molar-refractivity contribution >= 4 is 29.7 Å². The maximum atomic E-state index is 12.3. The van der Waals surface area contributed by atoms with Crippen LogP contribution in [0.25, 0.3) is 0 Å². The van der Waals surface area contributed by atoms with Crippen LogP contribution in [0.5, 0.6) is 0 Å². The zero-order chi connectivity index (χ0) is 13.9. The molecule has 0 radical (unpaired) electrons. The minimum absolute atomic E-state index is 0. The van der Waals surface area contributed by atoms with Gasteiger partial charge in [0.05, 0.1) is 6.04 Å². The molecule has 2 aromatic rings. The fourth-order valence-electron chi connectivity index (χ4n) is 2.67. The molecule has 1 heterocycles. The fraction of sp³-hybridized carbons (Fsp3) is 0.312. The highest BCUT2D eigenvalue weighted by Crippen LogP contribution is 2.33. The first-order valence-corrected chi connectivity index (χ1v) is 7.82. The van der Waals surface area contributed by atoms with E-state index in [-0.39, 0.29) is 24.4 Å². The number of nitrogens with two attached hydrogens (primary N) is 1. The van der Waals surface area contributed by atoms with Crippen molar-refractivity contribution in [3.63, 3.8) is 0 Å². The van der Waals surface area contributed by atoms with E-state index in [1.165, 1.54) is 10.4 Å². The third kappa shape index (κ3) is 3.46. The maximum Gasteiger partial charge on any atom is 0.251 e.